The first-order chi connectivity index (χ1) is 11.1. The topological polar surface area (TPSA) is 54.5 Å². The minimum Gasteiger partial charge on any atom is -0.488 e. The van der Waals surface area contributed by atoms with E-state index in [-0.39, 0.29) is 12.1 Å². The van der Waals surface area contributed by atoms with Crippen molar-refractivity contribution in [2.75, 3.05) is 18.4 Å². The molecule has 5 nitrogen and oxygen atoms in total. The van der Waals surface area contributed by atoms with Crippen molar-refractivity contribution in [2.24, 2.45) is 0 Å². The van der Waals surface area contributed by atoms with Gasteiger partial charge in [-0.1, -0.05) is 6.07 Å². The third-order valence-electron chi connectivity index (χ3n) is 4.14. The third-order valence-corrected chi connectivity index (χ3v) is 4.14. The van der Waals surface area contributed by atoms with Gasteiger partial charge in [-0.3, -0.25) is 4.98 Å². The van der Waals surface area contributed by atoms with Gasteiger partial charge in [0.15, 0.2) is 0 Å². The zero-order valence-electron chi connectivity index (χ0n) is 13.5. The Kier molecular flexibility index (Phi) is 4.46. The molecule has 1 fully saturated rings. The molecule has 120 valence electrons. The molecule has 5 heteroatoms. The summed E-state index contributed by atoms with van der Waals surface area (Å²) in [6.45, 7) is 5.40. The summed E-state index contributed by atoms with van der Waals surface area (Å²) in [6.07, 6.45) is 4.27. The molecule has 0 radical (unpaired) electrons. The van der Waals surface area contributed by atoms with E-state index in [2.05, 4.69) is 17.2 Å². The molecule has 1 N–H and O–H groups in total. The number of amides is 2. The van der Waals surface area contributed by atoms with Gasteiger partial charge in [0.1, 0.15) is 11.9 Å². The van der Waals surface area contributed by atoms with Crippen LogP contribution in [0.15, 0.2) is 42.7 Å². The molecule has 2 amide bonds. The second kappa shape index (κ2) is 6.69. The van der Waals surface area contributed by atoms with Crippen molar-refractivity contribution in [2.45, 2.75) is 26.4 Å². The van der Waals surface area contributed by atoms with E-state index in [0.717, 1.165) is 17.9 Å². The third kappa shape index (κ3) is 3.80. The molecular formula is C18H21N3O2. The second-order valence-electron chi connectivity index (χ2n) is 5.89. The number of aryl methyl sites for hydroxylation is 2. The minimum atomic E-state index is -0.0749. The Morgan fingerprint density at radius 1 is 1.22 bits per heavy atom. The number of ether oxygens (including phenoxy) is 1. The number of rotatable bonds is 3. The predicted molar refractivity (Wildman–Crippen MR) is 89.8 cm³/mol. The van der Waals surface area contributed by atoms with Crippen LogP contribution in [0.5, 0.6) is 5.75 Å². The average Bonchev–Trinajstić information content (AvgIpc) is 3.00. The van der Waals surface area contributed by atoms with Gasteiger partial charge in [-0.25, -0.2) is 4.79 Å². The van der Waals surface area contributed by atoms with Crippen molar-refractivity contribution in [1.29, 1.82) is 0 Å². The highest BCUT2D eigenvalue weighted by Crippen LogP contribution is 2.19. The summed E-state index contributed by atoms with van der Waals surface area (Å²) >= 11 is 0. The number of aromatic nitrogens is 1. The van der Waals surface area contributed by atoms with Crippen LogP contribution in [0.2, 0.25) is 0 Å². The van der Waals surface area contributed by atoms with Crippen LogP contribution in [0.25, 0.3) is 0 Å². The number of carbonyl (C=O) groups is 1. The number of pyridine rings is 1. The van der Waals surface area contributed by atoms with Gasteiger partial charge < -0.3 is 15.0 Å². The van der Waals surface area contributed by atoms with Crippen molar-refractivity contribution < 1.29 is 9.53 Å². The summed E-state index contributed by atoms with van der Waals surface area (Å²) in [5.74, 6) is 0.793. The van der Waals surface area contributed by atoms with Crippen LogP contribution in [0.3, 0.4) is 0 Å². The largest absolute Gasteiger partial charge is 0.488 e. The van der Waals surface area contributed by atoms with Crippen LogP contribution in [-0.4, -0.2) is 35.1 Å². The van der Waals surface area contributed by atoms with Crippen LogP contribution < -0.4 is 10.1 Å². The predicted octanol–water partition coefficient (Wildman–Crippen LogP) is 3.38. The first kappa shape index (κ1) is 15.3. The number of carbonyl (C=O) groups excluding carboxylic acids is 1. The average molecular weight is 311 g/mol. The van der Waals surface area contributed by atoms with Gasteiger partial charge in [0, 0.05) is 31.0 Å². The van der Waals surface area contributed by atoms with Gasteiger partial charge in [0.05, 0.1) is 6.54 Å². The molecule has 23 heavy (non-hydrogen) atoms. The maximum atomic E-state index is 12.4. The first-order valence-corrected chi connectivity index (χ1v) is 7.81. The highest BCUT2D eigenvalue weighted by atomic mass is 16.5. The molecule has 0 aliphatic carbocycles. The summed E-state index contributed by atoms with van der Waals surface area (Å²) in [5.41, 5.74) is 3.22. The van der Waals surface area contributed by atoms with E-state index in [9.17, 15) is 4.79 Å². The molecule has 0 unspecified atom stereocenters. The molecule has 1 aromatic heterocycles. The summed E-state index contributed by atoms with van der Waals surface area (Å²) in [6, 6.07) is 9.53. The number of urea groups is 1. The number of benzene rings is 1. The van der Waals surface area contributed by atoms with E-state index in [1.54, 1.807) is 17.3 Å². The Bertz CT molecular complexity index is 688. The van der Waals surface area contributed by atoms with Crippen molar-refractivity contribution in [1.82, 2.24) is 9.88 Å². The molecule has 0 saturated carbocycles. The van der Waals surface area contributed by atoms with Crippen LogP contribution in [0, 0.1) is 13.8 Å². The van der Waals surface area contributed by atoms with Gasteiger partial charge in [-0.05, 0) is 49.2 Å². The fourth-order valence-corrected chi connectivity index (χ4v) is 2.64. The normalized spacial score (nSPS) is 17.1. The lowest BCUT2D eigenvalue weighted by Crippen LogP contribution is -2.34. The van der Waals surface area contributed by atoms with Crippen LogP contribution in [0.4, 0.5) is 10.5 Å². The van der Waals surface area contributed by atoms with Gasteiger partial charge in [0.25, 0.3) is 0 Å². The van der Waals surface area contributed by atoms with Crippen molar-refractivity contribution in [3.63, 3.8) is 0 Å². The van der Waals surface area contributed by atoms with Crippen LogP contribution >= 0.6 is 0 Å². The fraction of sp³-hybridized carbons (Fsp3) is 0.333. The molecule has 1 aliphatic heterocycles. The maximum Gasteiger partial charge on any atom is 0.321 e. The van der Waals surface area contributed by atoms with E-state index in [0.29, 0.717) is 13.1 Å². The van der Waals surface area contributed by atoms with Gasteiger partial charge in [-0.15, -0.1) is 0 Å². The number of nitrogens with one attached hydrogen (secondary N) is 1. The van der Waals surface area contributed by atoms with E-state index in [4.69, 9.17) is 4.74 Å². The number of hydrogen-bond donors (Lipinski definition) is 1. The summed E-state index contributed by atoms with van der Waals surface area (Å²) in [7, 11) is 0. The summed E-state index contributed by atoms with van der Waals surface area (Å²) < 4.78 is 5.88. The molecule has 1 saturated heterocycles. The summed E-state index contributed by atoms with van der Waals surface area (Å²) in [4.78, 5) is 18.1. The molecule has 0 bridgehead atoms. The number of likely N-dealkylation sites (tertiary alicyclic amines) is 1. The molecular weight excluding hydrogens is 290 g/mol. The van der Waals surface area contributed by atoms with E-state index in [1.807, 2.05) is 37.3 Å². The highest BCUT2D eigenvalue weighted by molar-refractivity contribution is 5.89. The van der Waals surface area contributed by atoms with Crippen molar-refractivity contribution in [3.05, 3.63) is 53.9 Å². The molecule has 3 rings (SSSR count). The van der Waals surface area contributed by atoms with E-state index in [1.165, 1.54) is 11.1 Å². The zero-order chi connectivity index (χ0) is 16.2. The van der Waals surface area contributed by atoms with Crippen LogP contribution in [-0.2, 0) is 0 Å². The molecule has 1 aliphatic rings. The Labute approximate surface area is 136 Å². The molecule has 2 heterocycles. The smallest absolute Gasteiger partial charge is 0.321 e. The first-order valence-electron chi connectivity index (χ1n) is 7.81. The molecule has 0 spiro atoms. The fourth-order valence-electron chi connectivity index (χ4n) is 2.64. The summed E-state index contributed by atoms with van der Waals surface area (Å²) in [5, 5.41) is 2.96. The Morgan fingerprint density at radius 2 is 2.00 bits per heavy atom. The maximum absolute atomic E-state index is 12.4. The number of hydrogen-bond acceptors (Lipinski definition) is 3. The quantitative estimate of drug-likeness (QED) is 0.945. The van der Waals surface area contributed by atoms with Crippen molar-refractivity contribution in [3.8, 4) is 5.75 Å². The SMILES string of the molecule is Cc1ccc(NC(=O)N2CC[C@@H](Oc3ccncc3)C2)cc1C. The zero-order valence-corrected chi connectivity index (χ0v) is 13.5. The van der Waals surface area contributed by atoms with Gasteiger partial charge in [0.2, 0.25) is 0 Å². The Balaban J connectivity index is 1.56. The van der Waals surface area contributed by atoms with Gasteiger partial charge in [-0.2, -0.15) is 0 Å². The van der Waals surface area contributed by atoms with Gasteiger partial charge >= 0.3 is 6.03 Å². The lowest BCUT2D eigenvalue weighted by Gasteiger charge is -2.18. The van der Waals surface area contributed by atoms with E-state index >= 15 is 0 Å². The lowest BCUT2D eigenvalue weighted by molar-refractivity contribution is 0.194. The molecule has 1 atom stereocenters. The van der Waals surface area contributed by atoms with Crippen molar-refractivity contribution >= 4 is 11.7 Å². The monoisotopic (exact) mass is 311 g/mol. The van der Waals surface area contributed by atoms with E-state index < -0.39 is 0 Å². The second-order valence-corrected chi connectivity index (χ2v) is 5.89. The number of anilines is 1. The Hall–Kier alpha value is -2.56. The highest BCUT2D eigenvalue weighted by Gasteiger charge is 2.27. The lowest BCUT2D eigenvalue weighted by atomic mass is 10.1. The Morgan fingerprint density at radius 3 is 2.74 bits per heavy atom. The molecule has 1 aromatic carbocycles. The molecule has 2 aromatic rings. The standard InChI is InChI=1S/C18H21N3O2/c1-13-3-4-15(11-14(13)2)20-18(22)21-10-7-17(12-21)23-16-5-8-19-9-6-16/h3-6,8-9,11,17H,7,10,12H2,1-2H3,(H,20,22)/t17-/m1/s1. The number of nitrogens with zero attached hydrogens (tertiary/aromatic N) is 2. The van der Waals surface area contributed by atoms with Crippen LogP contribution in [0.1, 0.15) is 17.5 Å². The minimum absolute atomic E-state index is 0.0305.